The summed E-state index contributed by atoms with van der Waals surface area (Å²) in [5, 5.41) is 6.50. The highest BCUT2D eigenvalue weighted by atomic mass is 16.2. The third kappa shape index (κ3) is 1.75. The first-order chi connectivity index (χ1) is 7.59. The summed E-state index contributed by atoms with van der Waals surface area (Å²) >= 11 is 0. The van der Waals surface area contributed by atoms with Crippen molar-refractivity contribution in [1.29, 1.82) is 0 Å². The number of rotatable bonds is 3. The van der Waals surface area contributed by atoms with Gasteiger partial charge in [-0.25, -0.2) is 9.78 Å². The normalized spacial score (nSPS) is 22.4. The lowest BCUT2D eigenvalue weighted by molar-refractivity contribution is -0.128. The highest BCUT2D eigenvalue weighted by molar-refractivity contribution is 6.04. The Kier molecular flexibility index (Phi) is 2.59. The molecule has 2 heterocycles. The number of nitrogens with zero attached hydrogens (tertiary/aromatic N) is 4. The number of carbonyl (C=O) groups is 2. The van der Waals surface area contributed by atoms with Gasteiger partial charge in [0.15, 0.2) is 0 Å². The fourth-order valence-corrected chi connectivity index (χ4v) is 1.72. The molecule has 0 aliphatic carbocycles. The van der Waals surface area contributed by atoms with E-state index in [0.29, 0.717) is 6.54 Å². The standard InChI is InChI=1S/C9H13N5O2/c1-6(3-13-5-10-4-11-13)14-8(15)7(2)12-9(14)16/h4-7H,3H2,1-2H3,(H,12,16). The molecular weight excluding hydrogens is 210 g/mol. The van der Waals surface area contributed by atoms with Crippen molar-refractivity contribution in [3.8, 4) is 0 Å². The van der Waals surface area contributed by atoms with Gasteiger partial charge >= 0.3 is 6.03 Å². The van der Waals surface area contributed by atoms with Gasteiger partial charge in [-0.2, -0.15) is 5.10 Å². The van der Waals surface area contributed by atoms with Gasteiger partial charge in [0.25, 0.3) is 5.91 Å². The van der Waals surface area contributed by atoms with Crippen molar-refractivity contribution in [3.05, 3.63) is 12.7 Å². The molecule has 1 aromatic rings. The van der Waals surface area contributed by atoms with Crippen molar-refractivity contribution in [2.24, 2.45) is 0 Å². The number of hydrogen-bond acceptors (Lipinski definition) is 4. The van der Waals surface area contributed by atoms with E-state index in [4.69, 9.17) is 0 Å². The van der Waals surface area contributed by atoms with Crippen LogP contribution in [-0.4, -0.2) is 43.7 Å². The van der Waals surface area contributed by atoms with Gasteiger partial charge in [0.1, 0.15) is 18.7 Å². The first-order valence-electron chi connectivity index (χ1n) is 5.05. The lowest BCUT2D eigenvalue weighted by Gasteiger charge is -2.20. The van der Waals surface area contributed by atoms with Crippen LogP contribution in [0.5, 0.6) is 0 Å². The summed E-state index contributed by atoms with van der Waals surface area (Å²) in [6.45, 7) is 3.92. The lowest BCUT2D eigenvalue weighted by atomic mass is 10.2. The molecule has 0 aromatic carbocycles. The SMILES string of the molecule is CC1NC(=O)N(C(C)Cn2cncn2)C1=O. The second kappa shape index (κ2) is 3.92. The third-order valence-electron chi connectivity index (χ3n) is 2.53. The second-order valence-electron chi connectivity index (χ2n) is 3.85. The van der Waals surface area contributed by atoms with E-state index in [1.807, 2.05) is 0 Å². The molecule has 1 saturated heterocycles. The maximum Gasteiger partial charge on any atom is 0.325 e. The average molecular weight is 223 g/mol. The number of aromatic nitrogens is 3. The topological polar surface area (TPSA) is 80.1 Å². The van der Waals surface area contributed by atoms with Gasteiger partial charge in [0, 0.05) is 0 Å². The first kappa shape index (κ1) is 10.6. The monoisotopic (exact) mass is 223 g/mol. The minimum Gasteiger partial charge on any atom is -0.326 e. The number of imide groups is 1. The zero-order valence-electron chi connectivity index (χ0n) is 9.12. The predicted octanol–water partition coefficient (Wildman–Crippen LogP) is -0.393. The van der Waals surface area contributed by atoms with Crippen LogP contribution < -0.4 is 5.32 Å². The number of carbonyl (C=O) groups excluding carboxylic acids is 2. The Morgan fingerprint density at radius 2 is 2.31 bits per heavy atom. The maximum atomic E-state index is 11.7. The fraction of sp³-hybridized carbons (Fsp3) is 0.556. The van der Waals surface area contributed by atoms with E-state index >= 15 is 0 Å². The van der Waals surface area contributed by atoms with Crippen molar-refractivity contribution in [2.75, 3.05) is 0 Å². The van der Waals surface area contributed by atoms with Crippen LogP contribution in [-0.2, 0) is 11.3 Å². The molecule has 2 unspecified atom stereocenters. The minimum atomic E-state index is -0.439. The van der Waals surface area contributed by atoms with E-state index < -0.39 is 6.04 Å². The zero-order valence-corrected chi connectivity index (χ0v) is 9.12. The van der Waals surface area contributed by atoms with Crippen LogP contribution in [0, 0.1) is 0 Å². The van der Waals surface area contributed by atoms with Crippen molar-refractivity contribution < 1.29 is 9.59 Å². The number of hydrogen-bond donors (Lipinski definition) is 1. The Balaban J connectivity index is 2.07. The van der Waals surface area contributed by atoms with Gasteiger partial charge in [0.2, 0.25) is 0 Å². The summed E-state index contributed by atoms with van der Waals surface area (Å²) in [4.78, 5) is 28.2. The molecule has 3 amide bonds. The molecule has 86 valence electrons. The summed E-state index contributed by atoms with van der Waals surface area (Å²) in [7, 11) is 0. The third-order valence-corrected chi connectivity index (χ3v) is 2.53. The molecule has 0 spiro atoms. The van der Waals surface area contributed by atoms with Crippen molar-refractivity contribution in [1.82, 2.24) is 25.0 Å². The van der Waals surface area contributed by atoms with Crippen LogP contribution in [0.4, 0.5) is 4.79 Å². The van der Waals surface area contributed by atoms with Crippen LogP contribution in [0.3, 0.4) is 0 Å². The number of nitrogens with one attached hydrogen (secondary N) is 1. The van der Waals surface area contributed by atoms with Crippen LogP contribution in [0.2, 0.25) is 0 Å². The Labute approximate surface area is 92.4 Å². The van der Waals surface area contributed by atoms with E-state index in [0.717, 1.165) is 0 Å². The first-order valence-corrected chi connectivity index (χ1v) is 5.05. The summed E-state index contributed by atoms with van der Waals surface area (Å²) in [6, 6.07) is -1.02. The summed E-state index contributed by atoms with van der Waals surface area (Å²) in [5.74, 6) is -0.197. The summed E-state index contributed by atoms with van der Waals surface area (Å²) < 4.78 is 1.59. The van der Waals surface area contributed by atoms with Crippen molar-refractivity contribution >= 4 is 11.9 Å². The predicted molar refractivity (Wildman–Crippen MR) is 54.3 cm³/mol. The molecule has 1 aromatic heterocycles. The molecular formula is C9H13N5O2. The van der Waals surface area contributed by atoms with Gasteiger partial charge in [-0.1, -0.05) is 0 Å². The molecule has 1 N–H and O–H groups in total. The molecule has 16 heavy (non-hydrogen) atoms. The van der Waals surface area contributed by atoms with Crippen molar-refractivity contribution in [3.63, 3.8) is 0 Å². The molecule has 0 saturated carbocycles. The van der Waals surface area contributed by atoms with E-state index in [-0.39, 0.29) is 18.0 Å². The maximum absolute atomic E-state index is 11.7. The van der Waals surface area contributed by atoms with Crippen LogP contribution in [0.1, 0.15) is 13.8 Å². The van der Waals surface area contributed by atoms with E-state index in [1.54, 1.807) is 24.9 Å². The second-order valence-corrected chi connectivity index (χ2v) is 3.85. The van der Waals surface area contributed by atoms with Gasteiger partial charge in [-0.15, -0.1) is 0 Å². The smallest absolute Gasteiger partial charge is 0.325 e. The Bertz CT molecular complexity index is 402. The van der Waals surface area contributed by atoms with E-state index in [2.05, 4.69) is 15.4 Å². The van der Waals surface area contributed by atoms with Gasteiger partial charge in [0.05, 0.1) is 12.6 Å². The lowest BCUT2D eigenvalue weighted by Crippen LogP contribution is -2.41. The van der Waals surface area contributed by atoms with E-state index in [1.165, 1.54) is 11.2 Å². The van der Waals surface area contributed by atoms with E-state index in [9.17, 15) is 9.59 Å². The molecule has 1 aliphatic heterocycles. The van der Waals surface area contributed by atoms with Crippen LogP contribution in [0.15, 0.2) is 12.7 Å². The Hall–Kier alpha value is -1.92. The average Bonchev–Trinajstić information content (AvgIpc) is 2.77. The van der Waals surface area contributed by atoms with Crippen LogP contribution in [0.25, 0.3) is 0 Å². The minimum absolute atomic E-state index is 0.197. The number of amides is 3. The van der Waals surface area contributed by atoms with Crippen molar-refractivity contribution in [2.45, 2.75) is 32.5 Å². The van der Waals surface area contributed by atoms with Gasteiger partial charge in [-0.3, -0.25) is 14.4 Å². The highest BCUT2D eigenvalue weighted by Crippen LogP contribution is 2.11. The molecule has 2 atom stereocenters. The summed E-state index contributed by atoms with van der Waals surface area (Å²) in [5.41, 5.74) is 0. The summed E-state index contributed by atoms with van der Waals surface area (Å²) in [6.07, 6.45) is 2.97. The van der Waals surface area contributed by atoms with Gasteiger partial charge in [-0.05, 0) is 13.8 Å². The zero-order chi connectivity index (χ0) is 11.7. The molecule has 1 fully saturated rings. The molecule has 2 rings (SSSR count). The molecule has 0 bridgehead atoms. The Morgan fingerprint density at radius 3 is 2.81 bits per heavy atom. The molecule has 1 aliphatic rings. The molecule has 0 radical (unpaired) electrons. The van der Waals surface area contributed by atoms with Gasteiger partial charge < -0.3 is 5.32 Å². The molecule has 7 heteroatoms. The fourth-order valence-electron chi connectivity index (χ4n) is 1.72. The van der Waals surface area contributed by atoms with Crippen LogP contribution >= 0.6 is 0 Å². The molecule has 7 nitrogen and oxygen atoms in total. The largest absolute Gasteiger partial charge is 0.326 e. The highest BCUT2D eigenvalue weighted by Gasteiger charge is 2.38. The number of urea groups is 1. The Morgan fingerprint density at radius 1 is 1.56 bits per heavy atom. The quantitative estimate of drug-likeness (QED) is 0.707.